The Morgan fingerprint density at radius 3 is 1.24 bits per heavy atom. The van der Waals surface area contributed by atoms with Gasteiger partial charge in [-0.05, 0) is 233 Å². The molecule has 2 nitrogen and oxygen atoms in total. The Hall–Kier alpha value is -1.47. The molecule has 0 aromatic heterocycles. The fourth-order valence-corrected chi connectivity index (χ4v) is 19.2. The molecule has 0 N–H and O–H groups in total. The maximum absolute atomic E-state index is 7.04. The van der Waals surface area contributed by atoms with Gasteiger partial charge in [0.15, 0.2) is 16.6 Å². The Labute approximate surface area is 475 Å². The van der Waals surface area contributed by atoms with Crippen molar-refractivity contribution in [3.8, 4) is 0 Å². The van der Waals surface area contributed by atoms with Crippen molar-refractivity contribution in [2.24, 2.45) is 70.0 Å². The average Bonchev–Trinajstić information content (AvgIpc) is 3.85. The highest BCUT2D eigenvalue weighted by atomic mass is 28.4. The molecule has 0 aromatic carbocycles. The molecule has 0 radical (unpaired) electrons. The third-order valence-corrected chi connectivity index (χ3v) is 32.1. The van der Waals surface area contributed by atoms with Crippen LogP contribution in [0.25, 0.3) is 0 Å². The summed E-state index contributed by atoms with van der Waals surface area (Å²) in [6.07, 6.45) is 47.1. The predicted molar refractivity (Wildman–Crippen MR) is 340 cm³/mol. The van der Waals surface area contributed by atoms with Gasteiger partial charge in [-0.15, -0.1) is 0 Å². The van der Waals surface area contributed by atoms with Crippen LogP contribution in [0.4, 0.5) is 0 Å². The van der Waals surface area contributed by atoms with E-state index in [4.69, 9.17) is 8.85 Å². The summed E-state index contributed by atoms with van der Waals surface area (Å²) in [6.45, 7) is 53.6. The van der Waals surface area contributed by atoms with E-state index < -0.39 is 16.6 Å². The van der Waals surface area contributed by atoms with Crippen LogP contribution >= 0.6 is 0 Å². The molecule has 0 amide bonds. The summed E-state index contributed by atoms with van der Waals surface area (Å²) in [6, 6.07) is 0. The van der Waals surface area contributed by atoms with Gasteiger partial charge in [0.25, 0.3) is 0 Å². The minimum Gasteiger partial charge on any atom is -0.414 e. The van der Waals surface area contributed by atoms with Gasteiger partial charge in [-0.3, -0.25) is 0 Å². The van der Waals surface area contributed by atoms with Gasteiger partial charge in [0.1, 0.15) is 0 Å². The van der Waals surface area contributed by atoms with E-state index in [0.717, 1.165) is 97.7 Å². The lowest BCUT2D eigenvalue weighted by molar-refractivity contribution is 0.0637. The zero-order chi connectivity index (χ0) is 56.0. The van der Waals surface area contributed by atoms with Crippen LogP contribution < -0.4 is 0 Å². The van der Waals surface area contributed by atoms with Crippen LogP contribution in [0.2, 0.25) is 36.3 Å². The number of hydrogen-bond acceptors (Lipinski definition) is 2. The SMILES string of the molecule is C=C1CC[C@H](O[Si](C)(C)C(C)(C)C)C/C1=C/C=C1\C[C@H](CC/C=C/CC[C@H]2C/C(=C\C=C3\C[C@@H](O[Si](C)(C)C(C)(C)C)CCC3=C)[C@@H]3CC[C@H]([C@H](C)CCCC(C)C)[C@@]3(C)C2)C[C@]2(C)[C@@H]([C@H](C)CCCC(C)C)CC[C@@H]12. The molecule has 6 aliphatic carbocycles. The highest BCUT2D eigenvalue weighted by Crippen LogP contribution is 2.63. The minimum absolute atomic E-state index is 0.231. The Kier molecular flexibility index (Phi) is 22.3. The number of allylic oxidation sites excluding steroid dienone is 10. The summed E-state index contributed by atoms with van der Waals surface area (Å²) in [5.74, 6) is 7.85. The van der Waals surface area contributed by atoms with E-state index in [-0.39, 0.29) is 10.1 Å². The molecule has 76 heavy (non-hydrogen) atoms. The molecule has 6 saturated carbocycles. The Bertz CT molecular complexity index is 1930. The topological polar surface area (TPSA) is 18.5 Å². The van der Waals surface area contributed by atoms with E-state index in [9.17, 15) is 0 Å². The van der Waals surface area contributed by atoms with Crippen molar-refractivity contribution in [2.45, 2.75) is 300 Å². The summed E-state index contributed by atoms with van der Waals surface area (Å²) in [5.41, 5.74) is 9.95. The first-order chi connectivity index (χ1) is 35.4. The van der Waals surface area contributed by atoms with E-state index in [1.807, 2.05) is 0 Å². The fourth-order valence-electron chi connectivity index (χ4n) is 16.5. The fraction of sp³-hybridized carbons (Fsp3) is 0.806. The van der Waals surface area contributed by atoms with Crippen LogP contribution in [0.15, 0.2) is 83.1 Å². The van der Waals surface area contributed by atoms with E-state index in [1.165, 1.54) is 138 Å². The second-order valence-corrected chi connectivity index (χ2v) is 41.3. The smallest absolute Gasteiger partial charge is 0.192 e. The summed E-state index contributed by atoms with van der Waals surface area (Å²) in [5, 5.41) is 0.462. The maximum Gasteiger partial charge on any atom is 0.192 e. The summed E-state index contributed by atoms with van der Waals surface area (Å²) in [4.78, 5) is 0. The molecule has 0 aromatic rings. The first-order valence-corrected chi connectivity index (χ1v) is 38.4. The molecule has 6 aliphatic rings. The Balaban J connectivity index is 1.16. The van der Waals surface area contributed by atoms with Crippen molar-refractivity contribution < 1.29 is 8.85 Å². The lowest BCUT2D eigenvalue weighted by Crippen LogP contribution is -2.44. The first kappa shape index (κ1) is 63.7. The lowest BCUT2D eigenvalue weighted by atomic mass is 9.57. The molecule has 432 valence electrons. The van der Waals surface area contributed by atoms with Crippen LogP contribution in [0.5, 0.6) is 0 Å². The molecule has 12 atom stereocenters. The zero-order valence-corrected chi connectivity index (χ0v) is 55.6. The Morgan fingerprint density at radius 1 is 0.526 bits per heavy atom. The predicted octanol–water partition coefficient (Wildman–Crippen LogP) is 22.9. The second kappa shape index (κ2) is 26.6. The van der Waals surface area contributed by atoms with Gasteiger partial charge >= 0.3 is 0 Å². The number of hydrogen-bond donors (Lipinski definition) is 0. The van der Waals surface area contributed by atoms with Crippen molar-refractivity contribution in [3.63, 3.8) is 0 Å². The first-order valence-electron chi connectivity index (χ1n) is 32.6. The maximum atomic E-state index is 7.04. The number of fused-ring (bicyclic) bond motifs is 2. The van der Waals surface area contributed by atoms with Gasteiger partial charge in [-0.1, -0.05) is 207 Å². The van der Waals surface area contributed by atoms with Crippen LogP contribution in [-0.2, 0) is 8.85 Å². The molecule has 0 saturated heterocycles. The monoisotopic (exact) mass is 1080 g/mol. The molecule has 4 heteroatoms. The standard InChI is InChI=1S/C72H124O2Si2/c1-51(2)27-25-29-55(7)65-41-43-67-61(37-35-59-47-63(39-33-53(59)5)73-75(17,18)69(9,10)11)45-57(49-71(65,67)15)31-23-21-22-24-32-58-46-62(68-44-42-66(72(68,16)50-58)56(8)30-26-28-52(3)4)38-36-60-48-64(40-34-54(60)6)74-76(19,20)70(12,13)14/h21-22,35-38,51-52,55-58,63-68H,5-6,23-34,39-50H2,1-4,7-20H3/b22-21+,59-35-,60-36-,61-37+,62-38+/t55-,56-,57+,58+,63+,64+,65-,66-,67+,68+,71-,72-/m1/s1. The van der Waals surface area contributed by atoms with Crippen LogP contribution in [0.1, 0.15) is 251 Å². The van der Waals surface area contributed by atoms with Crippen LogP contribution in [0.3, 0.4) is 0 Å². The highest BCUT2D eigenvalue weighted by Gasteiger charge is 2.54. The van der Waals surface area contributed by atoms with E-state index in [2.05, 4.69) is 173 Å². The van der Waals surface area contributed by atoms with Gasteiger partial charge in [0, 0.05) is 12.2 Å². The second-order valence-electron chi connectivity index (χ2n) is 31.8. The Morgan fingerprint density at radius 2 is 0.895 bits per heavy atom. The molecule has 0 spiro atoms. The van der Waals surface area contributed by atoms with Crippen LogP contribution in [0, 0.1) is 70.0 Å². The van der Waals surface area contributed by atoms with Crippen molar-refractivity contribution in [1.82, 2.24) is 0 Å². The van der Waals surface area contributed by atoms with Gasteiger partial charge in [0.05, 0.1) is 0 Å². The molecule has 6 rings (SSSR count). The molecular weight excluding hydrogens is 953 g/mol. The normalized spacial score (nSPS) is 34.2. The van der Waals surface area contributed by atoms with Crippen molar-refractivity contribution in [3.05, 3.63) is 83.1 Å². The van der Waals surface area contributed by atoms with Gasteiger partial charge in [0.2, 0.25) is 0 Å². The quantitative estimate of drug-likeness (QED) is 0.0795. The molecular formula is C72H124O2Si2. The molecule has 6 fully saturated rings. The summed E-state index contributed by atoms with van der Waals surface area (Å²) in [7, 11) is -3.67. The molecule has 0 aliphatic heterocycles. The third kappa shape index (κ3) is 16.2. The minimum atomic E-state index is -1.83. The summed E-state index contributed by atoms with van der Waals surface area (Å²) >= 11 is 0. The molecule has 0 unspecified atom stereocenters. The lowest BCUT2D eigenvalue weighted by Gasteiger charge is -2.47. The van der Waals surface area contributed by atoms with E-state index in [0.29, 0.717) is 23.0 Å². The summed E-state index contributed by atoms with van der Waals surface area (Å²) < 4.78 is 14.1. The largest absolute Gasteiger partial charge is 0.414 e. The zero-order valence-electron chi connectivity index (χ0n) is 53.6. The van der Waals surface area contributed by atoms with E-state index in [1.54, 1.807) is 11.1 Å². The number of rotatable bonds is 22. The van der Waals surface area contributed by atoms with Crippen molar-refractivity contribution in [2.75, 3.05) is 0 Å². The van der Waals surface area contributed by atoms with Gasteiger partial charge in [-0.25, -0.2) is 0 Å². The van der Waals surface area contributed by atoms with E-state index >= 15 is 0 Å². The van der Waals surface area contributed by atoms with Gasteiger partial charge in [-0.2, -0.15) is 0 Å². The molecule has 0 heterocycles. The highest BCUT2D eigenvalue weighted by molar-refractivity contribution is 6.74. The molecule has 0 bridgehead atoms. The van der Waals surface area contributed by atoms with Crippen LogP contribution in [-0.4, -0.2) is 28.8 Å². The van der Waals surface area contributed by atoms with Crippen molar-refractivity contribution >= 4 is 16.6 Å². The average molecular weight is 1080 g/mol. The van der Waals surface area contributed by atoms with Crippen molar-refractivity contribution in [1.29, 1.82) is 0 Å². The third-order valence-electron chi connectivity index (χ3n) is 23.0. The van der Waals surface area contributed by atoms with Gasteiger partial charge < -0.3 is 8.85 Å².